The lowest BCUT2D eigenvalue weighted by Gasteiger charge is -2.21. The highest BCUT2D eigenvalue weighted by molar-refractivity contribution is 5.81. The van der Waals surface area contributed by atoms with E-state index in [0.717, 1.165) is 31.4 Å². The summed E-state index contributed by atoms with van der Waals surface area (Å²) in [5.74, 6) is 1.07. The number of hydrogen-bond donors (Lipinski definition) is 2. The predicted octanol–water partition coefficient (Wildman–Crippen LogP) is 2.88. The van der Waals surface area contributed by atoms with Crippen LogP contribution in [0.4, 0.5) is 0 Å². The van der Waals surface area contributed by atoms with Crippen molar-refractivity contribution in [2.75, 3.05) is 0 Å². The standard InChI is InChI=1S/C16H28N2O2/c1-5-7-12(2)18-16(19)14(4)17-13(3)9-10-15-8-6-11-20-15/h6,8,11-14,17H,5,7,9-10H2,1-4H3,(H,18,19). The number of amides is 1. The van der Waals surface area contributed by atoms with Crippen LogP contribution in [0.5, 0.6) is 0 Å². The lowest BCUT2D eigenvalue weighted by Crippen LogP contribution is -2.48. The summed E-state index contributed by atoms with van der Waals surface area (Å²) in [6.45, 7) is 8.19. The third-order valence-corrected chi connectivity index (χ3v) is 3.44. The Labute approximate surface area is 122 Å². The summed E-state index contributed by atoms with van der Waals surface area (Å²) in [5.41, 5.74) is 0. The Balaban J connectivity index is 2.25. The van der Waals surface area contributed by atoms with E-state index in [0.29, 0.717) is 0 Å². The van der Waals surface area contributed by atoms with Crippen LogP contribution in [0.15, 0.2) is 22.8 Å². The Morgan fingerprint density at radius 1 is 1.25 bits per heavy atom. The molecule has 3 atom stereocenters. The van der Waals surface area contributed by atoms with E-state index in [1.54, 1.807) is 6.26 Å². The molecule has 2 N–H and O–H groups in total. The van der Waals surface area contributed by atoms with Gasteiger partial charge in [-0.1, -0.05) is 13.3 Å². The van der Waals surface area contributed by atoms with E-state index in [9.17, 15) is 4.79 Å². The molecule has 0 radical (unpaired) electrons. The third-order valence-electron chi connectivity index (χ3n) is 3.44. The predicted molar refractivity (Wildman–Crippen MR) is 81.6 cm³/mol. The van der Waals surface area contributed by atoms with Crippen LogP contribution in [0.2, 0.25) is 0 Å². The zero-order chi connectivity index (χ0) is 15.0. The number of hydrogen-bond acceptors (Lipinski definition) is 3. The van der Waals surface area contributed by atoms with Crippen LogP contribution in [0.1, 0.15) is 52.7 Å². The second kappa shape index (κ2) is 8.80. The van der Waals surface area contributed by atoms with Crippen molar-refractivity contribution < 1.29 is 9.21 Å². The normalized spacial score (nSPS) is 15.6. The van der Waals surface area contributed by atoms with Gasteiger partial charge in [-0.2, -0.15) is 0 Å². The topological polar surface area (TPSA) is 54.3 Å². The number of carbonyl (C=O) groups excluding carboxylic acids is 1. The first-order chi connectivity index (χ1) is 9.52. The maximum atomic E-state index is 12.0. The van der Waals surface area contributed by atoms with Gasteiger partial charge >= 0.3 is 0 Å². The molecule has 1 amide bonds. The Morgan fingerprint density at radius 3 is 2.60 bits per heavy atom. The number of nitrogens with one attached hydrogen (secondary N) is 2. The molecule has 0 saturated heterocycles. The summed E-state index contributed by atoms with van der Waals surface area (Å²) < 4.78 is 5.31. The van der Waals surface area contributed by atoms with E-state index in [-0.39, 0.29) is 24.0 Å². The molecule has 0 saturated carbocycles. The molecule has 1 rings (SSSR count). The fourth-order valence-corrected chi connectivity index (χ4v) is 2.27. The zero-order valence-corrected chi connectivity index (χ0v) is 13.1. The van der Waals surface area contributed by atoms with Crippen LogP contribution >= 0.6 is 0 Å². The van der Waals surface area contributed by atoms with Crippen molar-refractivity contribution in [3.63, 3.8) is 0 Å². The highest BCUT2D eigenvalue weighted by Crippen LogP contribution is 2.06. The highest BCUT2D eigenvalue weighted by Gasteiger charge is 2.16. The second-order valence-electron chi connectivity index (χ2n) is 5.61. The summed E-state index contributed by atoms with van der Waals surface area (Å²) in [7, 11) is 0. The van der Waals surface area contributed by atoms with Crippen molar-refractivity contribution in [1.29, 1.82) is 0 Å². The maximum absolute atomic E-state index is 12.0. The fourth-order valence-electron chi connectivity index (χ4n) is 2.27. The van der Waals surface area contributed by atoms with E-state index < -0.39 is 0 Å². The molecule has 1 heterocycles. The van der Waals surface area contributed by atoms with Crippen molar-refractivity contribution in [1.82, 2.24) is 10.6 Å². The van der Waals surface area contributed by atoms with Gasteiger partial charge in [-0.3, -0.25) is 4.79 Å². The zero-order valence-electron chi connectivity index (χ0n) is 13.1. The first kappa shape index (κ1) is 16.8. The molecule has 1 aromatic rings. The molecule has 3 unspecified atom stereocenters. The maximum Gasteiger partial charge on any atom is 0.237 e. The van der Waals surface area contributed by atoms with Gasteiger partial charge in [0.05, 0.1) is 12.3 Å². The molecular formula is C16H28N2O2. The molecular weight excluding hydrogens is 252 g/mol. The van der Waals surface area contributed by atoms with Crippen molar-refractivity contribution in [2.24, 2.45) is 0 Å². The fraction of sp³-hybridized carbons (Fsp3) is 0.688. The molecule has 0 bridgehead atoms. The van der Waals surface area contributed by atoms with Gasteiger partial charge in [-0.15, -0.1) is 0 Å². The molecule has 20 heavy (non-hydrogen) atoms. The number of rotatable bonds is 9. The molecule has 0 aliphatic rings. The molecule has 0 aliphatic carbocycles. The number of aryl methyl sites for hydroxylation is 1. The highest BCUT2D eigenvalue weighted by atomic mass is 16.3. The van der Waals surface area contributed by atoms with Crippen LogP contribution in [-0.4, -0.2) is 24.0 Å². The smallest absolute Gasteiger partial charge is 0.237 e. The molecule has 114 valence electrons. The lowest BCUT2D eigenvalue weighted by atomic mass is 10.1. The quantitative estimate of drug-likeness (QED) is 0.731. The van der Waals surface area contributed by atoms with Crippen molar-refractivity contribution in [2.45, 2.75) is 71.5 Å². The van der Waals surface area contributed by atoms with Crippen molar-refractivity contribution in [3.05, 3.63) is 24.2 Å². The SMILES string of the molecule is CCCC(C)NC(=O)C(C)NC(C)CCc1ccco1. The molecule has 4 nitrogen and oxygen atoms in total. The van der Waals surface area contributed by atoms with E-state index in [4.69, 9.17) is 4.42 Å². The first-order valence-corrected chi connectivity index (χ1v) is 7.61. The Morgan fingerprint density at radius 2 is 2.00 bits per heavy atom. The largest absolute Gasteiger partial charge is 0.469 e. The molecule has 0 aliphatic heterocycles. The molecule has 0 spiro atoms. The van der Waals surface area contributed by atoms with E-state index in [2.05, 4.69) is 31.4 Å². The molecule has 0 aromatic carbocycles. The van der Waals surface area contributed by atoms with Crippen LogP contribution in [-0.2, 0) is 11.2 Å². The van der Waals surface area contributed by atoms with Gasteiger partial charge in [-0.05, 0) is 45.7 Å². The minimum Gasteiger partial charge on any atom is -0.469 e. The Kier molecular flexibility index (Phi) is 7.37. The first-order valence-electron chi connectivity index (χ1n) is 7.61. The summed E-state index contributed by atoms with van der Waals surface area (Å²) >= 11 is 0. The third kappa shape index (κ3) is 6.24. The minimum atomic E-state index is -0.166. The van der Waals surface area contributed by atoms with Gasteiger partial charge in [-0.25, -0.2) is 0 Å². The van der Waals surface area contributed by atoms with E-state index >= 15 is 0 Å². The minimum absolute atomic E-state index is 0.0794. The van der Waals surface area contributed by atoms with Crippen LogP contribution in [0.25, 0.3) is 0 Å². The Bertz CT molecular complexity index is 376. The van der Waals surface area contributed by atoms with Gasteiger partial charge in [0.25, 0.3) is 0 Å². The van der Waals surface area contributed by atoms with Crippen LogP contribution in [0, 0.1) is 0 Å². The van der Waals surface area contributed by atoms with Gasteiger partial charge in [0, 0.05) is 18.5 Å². The van der Waals surface area contributed by atoms with E-state index in [1.165, 1.54) is 0 Å². The summed E-state index contributed by atoms with van der Waals surface area (Å²) in [5, 5.41) is 6.37. The van der Waals surface area contributed by atoms with Crippen LogP contribution in [0.3, 0.4) is 0 Å². The van der Waals surface area contributed by atoms with Gasteiger partial charge in [0.1, 0.15) is 5.76 Å². The second-order valence-corrected chi connectivity index (χ2v) is 5.61. The molecule has 1 aromatic heterocycles. The monoisotopic (exact) mass is 280 g/mol. The van der Waals surface area contributed by atoms with Gasteiger partial charge < -0.3 is 15.1 Å². The number of carbonyl (C=O) groups is 1. The van der Waals surface area contributed by atoms with Crippen molar-refractivity contribution >= 4 is 5.91 Å². The van der Waals surface area contributed by atoms with Crippen LogP contribution < -0.4 is 10.6 Å². The average molecular weight is 280 g/mol. The summed E-state index contributed by atoms with van der Waals surface area (Å²) in [6.07, 6.45) is 5.64. The lowest BCUT2D eigenvalue weighted by molar-refractivity contribution is -0.123. The summed E-state index contributed by atoms with van der Waals surface area (Å²) in [4.78, 5) is 12.0. The average Bonchev–Trinajstić information content (AvgIpc) is 2.89. The summed E-state index contributed by atoms with van der Waals surface area (Å²) in [6, 6.07) is 4.24. The van der Waals surface area contributed by atoms with Gasteiger partial charge in [0.15, 0.2) is 0 Å². The van der Waals surface area contributed by atoms with E-state index in [1.807, 2.05) is 19.1 Å². The Hall–Kier alpha value is -1.29. The van der Waals surface area contributed by atoms with Crippen molar-refractivity contribution in [3.8, 4) is 0 Å². The molecule has 0 fully saturated rings. The molecule has 4 heteroatoms. The number of furan rings is 1. The van der Waals surface area contributed by atoms with Gasteiger partial charge in [0.2, 0.25) is 5.91 Å².